The molecule has 1 aromatic heterocycles. The molecule has 2 aromatic rings. The summed E-state index contributed by atoms with van der Waals surface area (Å²) in [6.07, 6.45) is 1.94. The molecule has 1 aromatic carbocycles. The SMILES string of the molecule is COCCOCCn1cc(C)s/c1=N\C(=O)c1cccc(Cl)c1Cl. The van der Waals surface area contributed by atoms with Crippen LogP contribution >= 0.6 is 34.5 Å². The molecule has 8 heteroatoms. The Labute approximate surface area is 154 Å². The monoisotopic (exact) mass is 388 g/mol. The van der Waals surface area contributed by atoms with Crippen LogP contribution in [-0.2, 0) is 16.0 Å². The van der Waals surface area contributed by atoms with Crippen molar-refractivity contribution in [3.63, 3.8) is 0 Å². The molecule has 24 heavy (non-hydrogen) atoms. The Balaban J connectivity index is 2.17. The largest absolute Gasteiger partial charge is 0.382 e. The number of halogens is 2. The van der Waals surface area contributed by atoms with Crippen LogP contribution in [0.1, 0.15) is 15.2 Å². The first-order chi connectivity index (χ1) is 11.5. The second-order valence-corrected chi connectivity index (χ2v) is 6.94. The van der Waals surface area contributed by atoms with Gasteiger partial charge in [0.15, 0.2) is 4.80 Å². The Morgan fingerprint density at radius 1 is 1.29 bits per heavy atom. The predicted molar refractivity (Wildman–Crippen MR) is 96.1 cm³/mol. The van der Waals surface area contributed by atoms with Gasteiger partial charge in [0, 0.05) is 24.7 Å². The number of hydrogen-bond acceptors (Lipinski definition) is 4. The van der Waals surface area contributed by atoms with Crippen LogP contribution in [0.4, 0.5) is 0 Å². The van der Waals surface area contributed by atoms with Crippen LogP contribution in [0.25, 0.3) is 0 Å². The number of aromatic nitrogens is 1. The van der Waals surface area contributed by atoms with Gasteiger partial charge in [0.2, 0.25) is 0 Å². The topological polar surface area (TPSA) is 52.8 Å². The molecule has 0 N–H and O–H groups in total. The number of rotatable bonds is 7. The average Bonchev–Trinajstić information content (AvgIpc) is 2.89. The summed E-state index contributed by atoms with van der Waals surface area (Å²) in [5.41, 5.74) is 0.290. The summed E-state index contributed by atoms with van der Waals surface area (Å²) in [4.78, 5) is 18.2. The fraction of sp³-hybridized carbons (Fsp3) is 0.375. The number of amides is 1. The lowest BCUT2D eigenvalue weighted by atomic mass is 10.2. The zero-order valence-corrected chi connectivity index (χ0v) is 15.7. The molecule has 0 saturated heterocycles. The first kappa shape index (κ1) is 19.1. The van der Waals surface area contributed by atoms with Crippen LogP contribution in [0.15, 0.2) is 29.4 Å². The van der Waals surface area contributed by atoms with Crippen molar-refractivity contribution in [2.24, 2.45) is 4.99 Å². The van der Waals surface area contributed by atoms with Gasteiger partial charge in [-0.15, -0.1) is 11.3 Å². The maximum absolute atomic E-state index is 12.4. The number of nitrogens with zero attached hydrogens (tertiary/aromatic N) is 2. The minimum Gasteiger partial charge on any atom is -0.382 e. The zero-order chi connectivity index (χ0) is 17.5. The van der Waals surface area contributed by atoms with Gasteiger partial charge in [0.25, 0.3) is 5.91 Å². The van der Waals surface area contributed by atoms with Crippen LogP contribution in [-0.4, -0.2) is 37.4 Å². The van der Waals surface area contributed by atoms with Crippen molar-refractivity contribution in [3.05, 3.63) is 49.7 Å². The van der Waals surface area contributed by atoms with Gasteiger partial charge in [-0.3, -0.25) is 4.79 Å². The Kier molecular flexibility index (Phi) is 7.45. The summed E-state index contributed by atoms with van der Waals surface area (Å²) in [5.74, 6) is -0.418. The van der Waals surface area contributed by atoms with Crippen LogP contribution in [0.3, 0.4) is 0 Å². The average molecular weight is 389 g/mol. The fourth-order valence-electron chi connectivity index (χ4n) is 1.97. The molecule has 0 atom stereocenters. The van der Waals surface area contributed by atoms with Gasteiger partial charge in [-0.25, -0.2) is 0 Å². The van der Waals surface area contributed by atoms with Crippen LogP contribution in [0, 0.1) is 6.92 Å². The molecule has 0 spiro atoms. The molecular weight excluding hydrogens is 371 g/mol. The van der Waals surface area contributed by atoms with Crippen molar-refractivity contribution in [1.29, 1.82) is 0 Å². The second kappa shape index (κ2) is 9.34. The first-order valence-electron chi connectivity index (χ1n) is 7.29. The number of aryl methyl sites for hydroxylation is 1. The minimum absolute atomic E-state index is 0.218. The standard InChI is InChI=1S/C16H18Cl2N2O3S/c1-11-10-20(6-7-23-9-8-22-2)16(24-11)19-15(21)12-4-3-5-13(17)14(12)18/h3-5,10H,6-9H2,1-2H3/b19-16-. The van der Waals surface area contributed by atoms with Crippen molar-refractivity contribution < 1.29 is 14.3 Å². The highest BCUT2D eigenvalue weighted by Crippen LogP contribution is 2.25. The van der Waals surface area contributed by atoms with Crippen molar-refractivity contribution in [2.75, 3.05) is 26.9 Å². The molecule has 0 radical (unpaired) electrons. The van der Waals surface area contributed by atoms with Gasteiger partial charge in [-0.2, -0.15) is 4.99 Å². The van der Waals surface area contributed by atoms with Crippen molar-refractivity contribution in [1.82, 2.24) is 4.57 Å². The van der Waals surface area contributed by atoms with Gasteiger partial charge >= 0.3 is 0 Å². The van der Waals surface area contributed by atoms with Crippen LogP contribution < -0.4 is 4.80 Å². The number of methoxy groups -OCH3 is 1. The van der Waals surface area contributed by atoms with Gasteiger partial charge < -0.3 is 14.0 Å². The van der Waals surface area contributed by atoms with E-state index in [0.29, 0.717) is 36.2 Å². The summed E-state index contributed by atoms with van der Waals surface area (Å²) in [5, 5.41) is 0.551. The number of ether oxygens (including phenoxy) is 2. The fourth-order valence-corrected chi connectivity index (χ4v) is 3.21. The molecule has 0 unspecified atom stereocenters. The Morgan fingerprint density at radius 2 is 2.08 bits per heavy atom. The lowest BCUT2D eigenvalue weighted by Gasteiger charge is -2.05. The lowest BCUT2D eigenvalue weighted by Crippen LogP contribution is -2.19. The van der Waals surface area contributed by atoms with E-state index >= 15 is 0 Å². The number of thiazole rings is 1. The first-order valence-corrected chi connectivity index (χ1v) is 8.86. The summed E-state index contributed by atoms with van der Waals surface area (Å²) < 4.78 is 12.3. The third kappa shape index (κ3) is 5.16. The third-order valence-corrected chi connectivity index (χ3v) is 4.88. The van der Waals surface area contributed by atoms with Crippen LogP contribution in [0.2, 0.25) is 10.0 Å². The molecular formula is C16H18Cl2N2O3S. The van der Waals surface area contributed by atoms with E-state index in [2.05, 4.69) is 4.99 Å². The molecule has 130 valence electrons. The summed E-state index contributed by atoms with van der Waals surface area (Å²) in [7, 11) is 1.63. The Bertz CT molecular complexity index is 771. The van der Waals surface area contributed by atoms with E-state index in [1.165, 1.54) is 11.3 Å². The molecule has 0 aliphatic rings. The van der Waals surface area contributed by atoms with Crippen molar-refractivity contribution in [2.45, 2.75) is 13.5 Å². The number of hydrogen-bond donors (Lipinski definition) is 0. The highest BCUT2D eigenvalue weighted by Gasteiger charge is 2.12. The van der Waals surface area contributed by atoms with E-state index < -0.39 is 5.91 Å². The second-order valence-electron chi connectivity index (χ2n) is 4.94. The normalized spacial score (nSPS) is 11.9. The molecule has 1 heterocycles. The molecule has 0 aliphatic heterocycles. The molecule has 5 nitrogen and oxygen atoms in total. The van der Waals surface area contributed by atoms with E-state index in [4.69, 9.17) is 32.7 Å². The van der Waals surface area contributed by atoms with Crippen LogP contribution in [0.5, 0.6) is 0 Å². The van der Waals surface area contributed by atoms with Crippen molar-refractivity contribution in [3.8, 4) is 0 Å². The van der Waals surface area contributed by atoms with E-state index in [1.807, 2.05) is 17.7 Å². The van der Waals surface area contributed by atoms with E-state index in [0.717, 1.165) is 4.88 Å². The molecule has 2 rings (SSSR count). The molecule has 0 aliphatic carbocycles. The Hall–Kier alpha value is -1.18. The maximum Gasteiger partial charge on any atom is 0.281 e. The number of carbonyl (C=O) groups excluding carboxylic acids is 1. The predicted octanol–water partition coefficient (Wildman–Crippen LogP) is 3.57. The maximum atomic E-state index is 12.4. The lowest BCUT2D eigenvalue weighted by molar-refractivity contribution is 0.0663. The quantitative estimate of drug-likeness (QED) is 0.681. The Morgan fingerprint density at radius 3 is 2.83 bits per heavy atom. The smallest absolute Gasteiger partial charge is 0.281 e. The molecule has 0 saturated carbocycles. The third-order valence-electron chi connectivity index (χ3n) is 3.12. The highest BCUT2D eigenvalue weighted by atomic mass is 35.5. The van der Waals surface area contributed by atoms with E-state index in [1.54, 1.807) is 25.3 Å². The van der Waals surface area contributed by atoms with Gasteiger partial charge in [0.1, 0.15) is 0 Å². The van der Waals surface area contributed by atoms with Gasteiger partial charge in [-0.05, 0) is 19.1 Å². The molecule has 0 fully saturated rings. The zero-order valence-electron chi connectivity index (χ0n) is 13.4. The number of carbonyl (C=O) groups is 1. The highest BCUT2D eigenvalue weighted by molar-refractivity contribution is 7.09. The van der Waals surface area contributed by atoms with Gasteiger partial charge in [0.05, 0.1) is 35.4 Å². The van der Waals surface area contributed by atoms with Gasteiger partial charge in [-0.1, -0.05) is 29.3 Å². The minimum atomic E-state index is -0.418. The molecule has 1 amide bonds. The summed E-state index contributed by atoms with van der Waals surface area (Å²) >= 11 is 13.5. The van der Waals surface area contributed by atoms with Crippen molar-refractivity contribution >= 4 is 40.4 Å². The summed E-state index contributed by atoms with van der Waals surface area (Å²) in [6.45, 7) is 4.16. The van der Waals surface area contributed by atoms with E-state index in [9.17, 15) is 4.79 Å². The summed E-state index contributed by atoms with van der Waals surface area (Å²) in [6, 6.07) is 4.92. The molecule has 0 bridgehead atoms. The van der Waals surface area contributed by atoms with E-state index in [-0.39, 0.29) is 10.6 Å². The number of benzene rings is 1.